The van der Waals surface area contributed by atoms with Crippen LogP contribution in [0.25, 0.3) is 0 Å². The molecule has 1 saturated heterocycles. The van der Waals surface area contributed by atoms with Gasteiger partial charge in [-0.2, -0.15) is 0 Å². The molecule has 1 amide bonds. The van der Waals surface area contributed by atoms with Gasteiger partial charge in [-0.3, -0.25) is 4.79 Å². The van der Waals surface area contributed by atoms with Gasteiger partial charge >= 0.3 is 0 Å². The van der Waals surface area contributed by atoms with E-state index >= 15 is 0 Å². The molecule has 27 heavy (non-hydrogen) atoms. The zero-order valence-electron chi connectivity index (χ0n) is 16.2. The van der Waals surface area contributed by atoms with E-state index in [9.17, 15) is 9.18 Å². The first-order chi connectivity index (χ1) is 13.0. The van der Waals surface area contributed by atoms with Crippen molar-refractivity contribution in [2.45, 2.75) is 51.6 Å². The highest BCUT2D eigenvalue weighted by atomic mass is 19.1. The second-order valence-corrected chi connectivity index (χ2v) is 7.49. The third kappa shape index (κ3) is 5.31. The molecule has 1 fully saturated rings. The number of piperidine rings is 1. The number of amides is 1. The van der Waals surface area contributed by atoms with Crippen LogP contribution in [0.5, 0.6) is 5.75 Å². The fraction of sp³-hybridized carbons (Fsp3) is 0.435. The summed E-state index contributed by atoms with van der Waals surface area (Å²) in [5, 5.41) is 0. The Kier molecular flexibility index (Phi) is 6.49. The minimum Gasteiger partial charge on any atom is -0.491 e. The molecule has 4 heteroatoms. The van der Waals surface area contributed by atoms with Crippen LogP contribution in [0.2, 0.25) is 0 Å². The molecule has 0 aliphatic carbocycles. The van der Waals surface area contributed by atoms with Gasteiger partial charge in [0.25, 0.3) is 0 Å². The van der Waals surface area contributed by atoms with Crippen LogP contribution >= 0.6 is 0 Å². The lowest BCUT2D eigenvalue weighted by atomic mass is 9.88. The van der Waals surface area contributed by atoms with Crippen molar-refractivity contribution >= 4 is 5.91 Å². The molecule has 0 aromatic heterocycles. The van der Waals surface area contributed by atoms with E-state index in [2.05, 4.69) is 0 Å². The molecule has 1 aliphatic heterocycles. The van der Waals surface area contributed by atoms with E-state index in [1.165, 1.54) is 18.6 Å². The molecule has 144 valence electrons. The van der Waals surface area contributed by atoms with Gasteiger partial charge in [-0.25, -0.2) is 4.39 Å². The van der Waals surface area contributed by atoms with E-state index in [1.54, 1.807) is 12.1 Å². The van der Waals surface area contributed by atoms with Crippen LogP contribution in [-0.4, -0.2) is 30.0 Å². The van der Waals surface area contributed by atoms with Gasteiger partial charge < -0.3 is 9.64 Å². The van der Waals surface area contributed by atoms with Crippen molar-refractivity contribution in [1.29, 1.82) is 0 Å². The standard InChI is InChI=1S/C23H28FNO2/c1-17(2)27-21-12-8-19(9-13-21)22(18-6-10-20(24)11-7-18)16-23(26)25-14-4-3-5-15-25/h6-13,17,22H,3-5,14-16H2,1-2H3/t22-/m0/s1. The molecule has 3 rings (SSSR count). The van der Waals surface area contributed by atoms with Gasteiger partial charge in [0.05, 0.1) is 6.10 Å². The normalized spacial score (nSPS) is 15.6. The topological polar surface area (TPSA) is 29.5 Å². The van der Waals surface area contributed by atoms with Gasteiger partial charge in [0.1, 0.15) is 11.6 Å². The molecule has 0 unspecified atom stereocenters. The molecule has 1 atom stereocenters. The van der Waals surface area contributed by atoms with Crippen molar-refractivity contribution in [2.75, 3.05) is 13.1 Å². The Morgan fingerprint density at radius 2 is 1.52 bits per heavy atom. The number of nitrogens with zero attached hydrogens (tertiary/aromatic N) is 1. The Bertz CT molecular complexity index is 734. The van der Waals surface area contributed by atoms with Crippen LogP contribution in [0.3, 0.4) is 0 Å². The minimum absolute atomic E-state index is 0.0897. The maximum atomic E-state index is 13.4. The molecular formula is C23H28FNO2. The number of likely N-dealkylation sites (tertiary alicyclic amines) is 1. The van der Waals surface area contributed by atoms with E-state index in [0.29, 0.717) is 6.42 Å². The lowest BCUT2D eigenvalue weighted by Gasteiger charge is -2.29. The van der Waals surface area contributed by atoms with Gasteiger partial charge in [0, 0.05) is 25.4 Å². The quantitative estimate of drug-likeness (QED) is 0.705. The Labute approximate surface area is 161 Å². The number of halogens is 1. The second kappa shape index (κ2) is 9.03. The molecule has 3 nitrogen and oxygen atoms in total. The fourth-order valence-electron chi connectivity index (χ4n) is 3.62. The van der Waals surface area contributed by atoms with E-state index in [-0.39, 0.29) is 23.7 Å². The number of carbonyl (C=O) groups is 1. The van der Waals surface area contributed by atoms with Crippen LogP contribution in [-0.2, 0) is 4.79 Å². The number of hydrogen-bond acceptors (Lipinski definition) is 2. The van der Waals surface area contributed by atoms with Gasteiger partial charge in [-0.15, -0.1) is 0 Å². The predicted octanol–water partition coefficient (Wildman–Crippen LogP) is 5.15. The monoisotopic (exact) mass is 369 g/mol. The zero-order chi connectivity index (χ0) is 19.2. The molecular weight excluding hydrogens is 341 g/mol. The summed E-state index contributed by atoms with van der Waals surface area (Å²) < 4.78 is 19.1. The Hall–Kier alpha value is -2.36. The van der Waals surface area contributed by atoms with E-state index < -0.39 is 0 Å². The van der Waals surface area contributed by atoms with Crippen LogP contribution in [0.1, 0.15) is 56.6 Å². The number of benzene rings is 2. The van der Waals surface area contributed by atoms with Crippen molar-refractivity contribution in [2.24, 2.45) is 0 Å². The van der Waals surface area contributed by atoms with Gasteiger partial charge in [-0.05, 0) is 68.5 Å². The number of ether oxygens (including phenoxy) is 1. The molecule has 0 bridgehead atoms. The molecule has 2 aromatic carbocycles. The smallest absolute Gasteiger partial charge is 0.223 e. The van der Waals surface area contributed by atoms with Gasteiger partial charge in [-0.1, -0.05) is 24.3 Å². The Morgan fingerprint density at radius 3 is 2.07 bits per heavy atom. The van der Waals surface area contributed by atoms with E-state index in [1.807, 2.05) is 43.0 Å². The molecule has 0 spiro atoms. The molecule has 1 aliphatic rings. The average Bonchev–Trinajstić information content (AvgIpc) is 2.68. The number of rotatable bonds is 6. The van der Waals surface area contributed by atoms with Crippen molar-refractivity contribution in [3.63, 3.8) is 0 Å². The molecule has 1 heterocycles. The average molecular weight is 369 g/mol. The third-order valence-electron chi connectivity index (χ3n) is 5.01. The van der Waals surface area contributed by atoms with Crippen LogP contribution < -0.4 is 4.74 Å². The molecule has 0 radical (unpaired) electrons. The number of carbonyl (C=O) groups excluding carboxylic acids is 1. The summed E-state index contributed by atoms with van der Waals surface area (Å²) in [6.45, 7) is 5.67. The third-order valence-corrected chi connectivity index (χ3v) is 5.01. The summed E-state index contributed by atoms with van der Waals surface area (Å²) in [7, 11) is 0. The summed E-state index contributed by atoms with van der Waals surface area (Å²) in [5.41, 5.74) is 2.00. The fourth-order valence-corrected chi connectivity index (χ4v) is 3.62. The maximum Gasteiger partial charge on any atom is 0.223 e. The van der Waals surface area contributed by atoms with E-state index in [4.69, 9.17) is 4.74 Å². The van der Waals surface area contributed by atoms with Crippen LogP contribution in [0.4, 0.5) is 4.39 Å². The van der Waals surface area contributed by atoms with Crippen molar-refractivity contribution in [1.82, 2.24) is 4.90 Å². The summed E-state index contributed by atoms with van der Waals surface area (Å²) in [6.07, 6.45) is 3.87. The summed E-state index contributed by atoms with van der Waals surface area (Å²) >= 11 is 0. The maximum absolute atomic E-state index is 13.4. The summed E-state index contributed by atoms with van der Waals surface area (Å²) in [5.74, 6) is 0.633. The zero-order valence-corrected chi connectivity index (χ0v) is 16.2. The van der Waals surface area contributed by atoms with Gasteiger partial charge in [0.2, 0.25) is 5.91 Å². The first kappa shape index (κ1) is 19.4. The van der Waals surface area contributed by atoms with Crippen molar-refractivity contribution in [3.05, 3.63) is 65.5 Å². The highest BCUT2D eigenvalue weighted by Gasteiger charge is 2.23. The second-order valence-electron chi connectivity index (χ2n) is 7.49. The Morgan fingerprint density at radius 1 is 0.963 bits per heavy atom. The number of hydrogen-bond donors (Lipinski definition) is 0. The minimum atomic E-state index is -0.263. The predicted molar refractivity (Wildman–Crippen MR) is 105 cm³/mol. The molecule has 2 aromatic rings. The Balaban J connectivity index is 1.83. The van der Waals surface area contributed by atoms with Gasteiger partial charge in [0.15, 0.2) is 0 Å². The first-order valence-corrected chi connectivity index (χ1v) is 9.83. The lowest BCUT2D eigenvalue weighted by molar-refractivity contribution is -0.132. The van der Waals surface area contributed by atoms with E-state index in [0.717, 1.165) is 42.8 Å². The first-order valence-electron chi connectivity index (χ1n) is 9.83. The lowest BCUT2D eigenvalue weighted by Crippen LogP contribution is -2.36. The molecule has 0 N–H and O–H groups in total. The van der Waals surface area contributed by atoms with Crippen LogP contribution in [0.15, 0.2) is 48.5 Å². The summed E-state index contributed by atoms with van der Waals surface area (Å²) in [4.78, 5) is 14.8. The highest BCUT2D eigenvalue weighted by Crippen LogP contribution is 2.31. The highest BCUT2D eigenvalue weighted by molar-refractivity contribution is 5.78. The SMILES string of the molecule is CC(C)Oc1ccc([C@@H](CC(=O)N2CCCCC2)c2ccc(F)cc2)cc1. The van der Waals surface area contributed by atoms with Crippen molar-refractivity contribution < 1.29 is 13.9 Å². The molecule has 0 saturated carbocycles. The van der Waals surface area contributed by atoms with Crippen LogP contribution in [0, 0.1) is 5.82 Å². The largest absolute Gasteiger partial charge is 0.491 e. The summed E-state index contributed by atoms with van der Waals surface area (Å²) in [6, 6.07) is 14.4. The van der Waals surface area contributed by atoms with Crippen molar-refractivity contribution in [3.8, 4) is 5.75 Å².